The van der Waals surface area contributed by atoms with E-state index in [1.807, 2.05) is 36.4 Å². The van der Waals surface area contributed by atoms with Gasteiger partial charge in [0.2, 0.25) is 5.91 Å². The second-order valence-corrected chi connectivity index (χ2v) is 7.67. The summed E-state index contributed by atoms with van der Waals surface area (Å²) in [5, 5.41) is 5.45. The molecule has 1 aliphatic heterocycles. The fraction of sp³-hybridized carbons (Fsp3) is 0.333. The first-order chi connectivity index (χ1) is 14.9. The lowest BCUT2D eigenvalue weighted by Gasteiger charge is -2.20. The van der Waals surface area contributed by atoms with E-state index < -0.39 is 24.0 Å². The van der Waals surface area contributed by atoms with Crippen molar-refractivity contribution < 1.29 is 23.9 Å². The van der Waals surface area contributed by atoms with Gasteiger partial charge in [-0.25, -0.2) is 4.79 Å². The molecule has 2 amide bonds. The van der Waals surface area contributed by atoms with Crippen molar-refractivity contribution in [2.24, 2.45) is 5.92 Å². The van der Waals surface area contributed by atoms with Gasteiger partial charge in [0, 0.05) is 24.3 Å². The molecule has 0 spiro atoms. The predicted molar refractivity (Wildman–Crippen MR) is 114 cm³/mol. The van der Waals surface area contributed by atoms with Crippen molar-refractivity contribution in [1.29, 1.82) is 0 Å². The van der Waals surface area contributed by atoms with Crippen molar-refractivity contribution in [3.63, 3.8) is 0 Å². The van der Waals surface area contributed by atoms with Crippen molar-refractivity contribution in [3.8, 4) is 0 Å². The Hall–Kier alpha value is -3.48. The number of carbonyl (C=O) groups is 4. The molecule has 0 aliphatic carbocycles. The van der Waals surface area contributed by atoms with Gasteiger partial charge in [0.05, 0.1) is 12.6 Å². The van der Waals surface area contributed by atoms with E-state index in [1.165, 1.54) is 0 Å². The summed E-state index contributed by atoms with van der Waals surface area (Å²) in [7, 11) is 0. The summed E-state index contributed by atoms with van der Waals surface area (Å²) in [6, 6.07) is 16.6. The second-order valence-electron chi connectivity index (χ2n) is 7.67. The summed E-state index contributed by atoms with van der Waals surface area (Å²) in [5.41, 5.74) is 1.36. The monoisotopic (exact) mass is 422 g/mol. The van der Waals surface area contributed by atoms with Crippen LogP contribution in [0.3, 0.4) is 0 Å². The molecule has 7 heteroatoms. The van der Waals surface area contributed by atoms with Gasteiger partial charge in [-0.3, -0.25) is 14.4 Å². The van der Waals surface area contributed by atoms with E-state index in [4.69, 9.17) is 4.74 Å². The molecule has 31 heavy (non-hydrogen) atoms. The molecule has 162 valence electrons. The van der Waals surface area contributed by atoms with Crippen molar-refractivity contribution in [1.82, 2.24) is 10.6 Å². The van der Waals surface area contributed by atoms with E-state index in [1.54, 1.807) is 31.2 Å². The number of ether oxygens (including phenoxy) is 1. The van der Waals surface area contributed by atoms with Crippen molar-refractivity contribution in [3.05, 3.63) is 71.8 Å². The normalized spacial score (nSPS) is 17.3. The molecule has 0 bridgehead atoms. The summed E-state index contributed by atoms with van der Waals surface area (Å²) in [4.78, 5) is 49.7. The number of nitrogens with one attached hydrogen (secondary N) is 2. The molecule has 1 fully saturated rings. The lowest BCUT2D eigenvalue weighted by molar-refractivity contribution is -0.142. The molecule has 0 unspecified atom stereocenters. The number of amides is 2. The first kappa shape index (κ1) is 22.2. The van der Waals surface area contributed by atoms with Gasteiger partial charge in [-0.05, 0) is 24.1 Å². The number of rotatable bonds is 9. The predicted octanol–water partition coefficient (Wildman–Crippen LogP) is 2.05. The van der Waals surface area contributed by atoms with Crippen LogP contribution in [0.2, 0.25) is 0 Å². The van der Waals surface area contributed by atoms with E-state index >= 15 is 0 Å². The highest BCUT2D eigenvalue weighted by molar-refractivity contribution is 5.99. The number of Topliss-reactive ketones (excluding diaryl/α,β-unsaturated/α-hetero) is 1. The number of hydrogen-bond acceptors (Lipinski definition) is 5. The Morgan fingerprint density at radius 3 is 2.29 bits per heavy atom. The molecule has 3 rings (SSSR count). The molecule has 2 N–H and O–H groups in total. The Kier molecular flexibility index (Phi) is 7.54. The molecule has 0 saturated carbocycles. The standard InChI is InChI=1S/C24H26N2O5/c1-16(22(28)25-19-12-13-31-24(19)30)14-21(27)20(15-17-8-4-2-5-9-17)26-23(29)18-10-6-3-7-11-18/h2-11,16,19-20H,12-15H2,1H3,(H,25,28)(H,26,29)/t16-,19-,20+/m0/s1. The maximum absolute atomic E-state index is 13.0. The van der Waals surface area contributed by atoms with E-state index in [-0.39, 0.29) is 30.6 Å². The minimum Gasteiger partial charge on any atom is -0.464 e. The first-order valence-corrected chi connectivity index (χ1v) is 10.3. The molecule has 1 heterocycles. The third kappa shape index (κ3) is 6.25. The number of ketones is 1. The average molecular weight is 422 g/mol. The summed E-state index contributed by atoms with van der Waals surface area (Å²) in [5.74, 6) is -2.08. The lowest BCUT2D eigenvalue weighted by Crippen LogP contribution is -2.45. The third-order valence-corrected chi connectivity index (χ3v) is 5.22. The summed E-state index contributed by atoms with van der Waals surface area (Å²) in [6.45, 7) is 1.91. The molecule has 2 aromatic rings. The molecule has 3 atom stereocenters. The van der Waals surface area contributed by atoms with Crippen LogP contribution in [0.4, 0.5) is 0 Å². The Morgan fingerprint density at radius 2 is 1.68 bits per heavy atom. The molecule has 7 nitrogen and oxygen atoms in total. The van der Waals surface area contributed by atoms with Crippen LogP contribution in [0.15, 0.2) is 60.7 Å². The zero-order chi connectivity index (χ0) is 22.2. The van der Waals surface area contributed by atoms with Gasteiger partial charge in [0.15, 0.2) is 5.78 Å². The lowest BCUT2D eigenvalue weighted by atomic mass is 9.94. The van der Waals surface area contributed by atoms with E-state index in [0.717, 1.165) is 5.56 Å². The fourth-order valence-electron chi connectivity index (χ4n) is 3.40. The number of carbonyl (C=O) groups excluding carboxylic acids is 4. The van der Waals surface area contributed by atoms with Gasteiger partial charge in [-0.1, -0.05) is 55.5 Å². The fourth-order valence-corrected chi connectivity index (χ4v) is 3.40. The maximum Gasteiger partial charge on any atom is 0.328 e. The van der Waals surface area contributed by atoms with Crippen LogP contribution in [0, 0.1) is 5.92 Å². The summed E-state index contributed by atoms with van der Waals surface area (Å²) >= 11 is 0. The van der Waals surface area contributed by atoms with Gasteiger partial charge >= 0.3 is 5.97 Å². The van der Waals surface area contributed by atoms with E-state index in [9.17, 15) is 19.2 Å². The highest BCUT2D eigenvalue weighted by Gasteiger charge is 2.31. The van der Waals surface area contributed by atoms with Crippen LogP contribution in [0.1, 0.15) is 35.7 Å². The maximum atomic E-state index is 13.0. The zero-order valence-electron chi connectivity index (χ0n) is 17.4. The third-order valence-electron chi connectivity index (χ3n) is 5.22. The van der Waals surface area contributed by atoms with Crippen molar-refractivity contribution >= 4 is 23.6 Å². The molecule has 0 aromatic heterocycles. The molecular weight excluding hydrogens is 396 g/mol. The van der Waals surface area contributed by atoms with Crippen molar-refractivity contribution in [2.75, 3.05) is 6.61 Å². The highest BCUT2D eigenvalue weighted by Crippen LogP contribution is 2.13. The number of hydrogen-bond donors (Lipinski definition) is 2. The molecule has 2 aromatic carbocycles. The molecule has 1 aliphatic rings. The minimum absolute atomic E-state index is 0.0554. The quantitative estimate of drug-likeness (QED) is 0.603. The zero-order valence-corrected chi connectivity index (χ0v) is 17.4. The van der Waals surface area contributed by atoms with Crippen LogP contribution < -0.4 is 10.6 Å². The summed E-state index contributed by atoms with van der Waals surface area (Å²) in [6.07, 6.45) is 0.691. The van der Waals surface area contributed by atoms with Crippen LogP contribution in [0.25, 0.3) is 0 Å². The van der Waals surface area contributed by atoms with Gasteiger partial charge in [0.1, 0.15) is 6.04 Å². The SMILES string of the molecule is C[C@@H](CC(=O)[C@@H](Cc1ccccc1)NC(=O)c1ccccc1)C(=O)N[C@H]1CCOC1=O. The highest BCUT2D eigenvalue weighted by atomic mass is 16.5. The Balaban J connectivity index is 1.66. The van der Waals surface area contributed by atoms with Gasteiger partial charge in [-0.2, -0.15) is 0 Å². The molecule has 1 saturated heterocycles. The summed E-state index contributed by atoms with van der Waals surface area (Å²) < 4.78 is 4.85. The Bertz CT molecular complexity index is 930. The minimum atomic E-state index is -0.776. The largest absolute Gasteiger partial charge is 0.464 e. The van der Waals surface area contributed by atoms with Crippen LogP contribution >= 0.6 is 0 Å². The smallest absolute Gasteiger partial charge is 0.328 e. The van der Waals surface area contributed by atoms with Crippen LogP contribution in [0.5, 0.6) is 0 Å². The molecular formula is C24H26N2O5. The van der Waals surface area contributed by atoms with Gasteiger partial charge in [0.25, 0.3) is 5.91 Å². The second kappa shape index (κ2) is 10.5. The molecule has 0 radical (unpaired) electrons. The van der Waals surface area contributed by atoms with Crippen LogP contribution in [-0.2, 0) is 25.5 Å². The van der Waals surface area contributed by atoms with E-state index in [2.05, 4.69) is 10.6 Å². The Morgan fingerprint density at radius 1 is 1.03 bits per heavy atom. The average Bonchev–Trinajstić information content (AvgIpc) is 3.18. The Labute approximate surface area is 181 Å². The number of cyclic esters (lactones) is 1. The van der Waals surface area contributed by atoms with E-state index in [0.29, 0.717) is 18.4 Å². The van der Waals surface area contributed by atoms with Crippen molar-refractivity contribution in [2.45, 2.75) is 38.3 Å². The van der Waals surface area contributed by atoms with Crippen LogP contribution in [-0.4, -0.2) is 42.3 Å². The van der Waals surface area contributed by atoms with Gasteiger partial charge < -0.3 is 15.4 Å². The first-order valence-electron chi connectivity index (χ1n) is 10.3. The number of benzene rings is 2. The van der Waals surface area contributed by atoms with Gasteiger partial charge in [-0.15, -0.1) is 0 Å². The topological polar surface area (TPSA) is 102 Å². The number of esters is 1.